The molecule has 1 amide bonds. The van der Waals surface area contributed by atoms with Crippen LogP contribution in [0.2, 0.25) is 10.0 Å². The second-order valence-electron chi connectivity index (χ2n) is 11.6. The molecule has 2 atom stereocenters. The minimum absolute atomic E-state index is 0.0177. The van der Waals surface area contributed by atoms with Gasteiger partial charge < -0.3 is 30.5 Å². The number of nitrogens with zero attached hydrogens (tertiary/aromatic N) is 4. The lowest BCUT2D eigenvalue weighted by Crippen LogP contribution is -2.36. The van der Waals surface area contributed by atoms with Crippen molar-refractivity contribution in [2.75, 3.05) is 27.4 Å². The number of methoxy groups -OCH3 is 2. The molecule has 0 unspecified atom stereocenters. The van der Waals surface area contributed by atoms with E-state index in [0.29, 0.717) is 92.9 Å². The lowest BCUT2D eigenvalue weighted by Gasteiger charge is -2.20. The molecule has 0 radical (unpaired) electrons. The summed E-state index contributed by atoms with van der Waals surface area (Å²) in [7, 11) is 3.10. The summed E-state index contributed by atoms with van der Waals surface area (Å²) >= 11 is 14.1. The molecule has 0 aliphatic carbocycles. The monoisotopic (exact) mass is 679 g/mol. The third-order valence-corrected chi connectivity index (χ3v) is 8.96. The Hall–Kier alpha value is -3.87. The van der Waals surface area contributed by atoms with Crippen molar-refractivity contribution in [2.45, 2.75) is 51.9 Å². The first kappa shape index (κ1) is 34.5. The van der Waals surface area contributed by atoms with Crippen molar-refractivity contribution < 1.29 is 19.4 Å². The largest absolute Gasteiger partial charge is 0.480 e. The molecule has 47 heavy (non-hydrogen) atoms. The third kappa shape index (κ3) is 7.99. The van der Waals surface area contributed by atoms with E-state index in [1.807, 2.05) is 50.2 Å². The lowest BCUT2D eigenvalue weighted by atomic mass is 9.98. The van der Waals surface area contributed by atoms with Crippen molar-refractivity contribution >= 4 is 29.1 Å². The molecule has 1 saturated heterocycles. The van der Waals surface area contributed by atoms with Crippen molar-refractivity contribution in [1.82, 2.24) is 35.9 Å². The van der Waals surface area contributed by atoms with Crippen LogP contribution in [0.1, 0.15) is 38.1 Å². The number of aliphatic hydroxyl groups is 1. The van der Waals surface area contributed by atoms with Crippen LogP contribution in [0.25, 0.3) is 33.6 Å². The Morgan fingerprint density at radius 3 is 1.89 bits per heavy atom. The van der Waals surface area contributed by atoms with E-state index in [9.17, 15) is 9.90 Å². The van der Waals surface area contributed by atoms with E-state index < -0.39 is 0 Å². The van der Waals surface area contributed by atoms with Crippen LogP contribution >= 0.6 is 23.2 Å². The second-order valence-corrected chi connectivity index (χ2v) is 12.4. The average Bonchev–Trinajstić information content (AvgIpc) is 3.50. The van der Waals surface area contributed by atoms with Gasteiger partial charge in [0, 0.05) is 60.4 Å². The van der Waals surface area contributed by atoms with Gasteiger partial charge >= 0.3 is 0 Å². The fraction of sp³-hybridized carbons (Fsp3) is 0.382. The molecular formula is C34H39Cl2N7O4. The highest BCUT2D eigenvalue weighted by molar-refractivity contribution is 6.39. The summed E-state index contributed by atoms with van der Waals surface area (Å²) in [6.07, 6.45) is 4.70. The SMILES string of the molecule is COc1nc(-c2cccc(-c3cccc(-c4cnc(CN[C@H](CO)C(C)C)c(OC)n4)c3Cl)c2Cl)cnc1CNC[C@@H]1CCC(=O)N1. The minimum Gasteiger partial charge on any atom is -0.480 e. The molecule has 0 bridgehead atoms. The molecule has 5 rings (SSSR count). The maximum Gasteiger partial charge on any atom is 0.237 e. The summed E-state index contributed by atoms with van der Waals surface area (Å²) in [5, 5.41) is 20.2. The number of rotatable bonds is 14. The summed E-state index contributed by atoms with van der Waals surface area (Å²) < 4.78 is 11.1. The number of hydrogen-bond acceptors (Lipinski definition) is 10. The summed E-state index contributed by atoms with van der Waals surface area (Å²) in [6.45, 7) is 5.56. The van der Waals surface area contributed by atoms with Crippen LogP contribution in [-0.4, -0.2) is 70.4 Å². The lowest BCUT2D eigenvalue weighted by molar-refractivity contribution is -0.119. The van der Waals surface area contributed by atoms with E-state index >= 15 is 0 Å². The number of halogens is 2. The van der Waals surface area contributed by atoms with Gasteiger partial charge in [0.2, 0.25) is 17.7 Å². The molecule has 248 valence electrons. The number of hydrogen-bond donors (Lipinski definition) is 4. The molecule has 4 aromatic rings. The topological polar surface area (TPSA) is 143 Å². The van der Waals surface area contributed by atoms with Crippen molar-refractivity contribution in [3.8, 4) is 45.4 Å². The Bertz CT molecular complexity index is 1720. The molecule has 1 fully saturated rings. The van der Waals surface area contributed by atoms with Crippen LogP contribution in [0.4, 0.5) is 0 Å². The van der Waals surface area contributed by atoms with Crippen LogP contribution in [0.15, 0.2) is 48.8 Å². The number of aromatic nitrogens is 4. The molecule has 4 N–H and O–H groups in total. The maximum absolute atomic E-state index is 11.5. The number of carbonyl (C=O) groups excluding carboxylic acids is 1. The first-order valence-electron chi connectivity index (χ1n) is 15.5. The summed E-state index contributed by atoms with van der Waals surface area (Å²) in [4.78, 5) is 30.1. The number of ether oxygens (including phenoxy) is 2. The quantitative estimate of drug-likeness (QED) is 0.143. The van der Waals surface area contributed by atoms with Gasteiger partial charge in [0.05, 0.1) is 54.7 Å². The molecule has 1 aliphatic rings. The number of carbonyl (C=O) groups is 1. The Labute approximate surface area is 284 Å². The van der Waals surface area contributed by atoms with Gasteiger partial charge in [-0.1, -0.05) is 73.4 Å². The molecule has 0 spiro atoms. The minimum atomic E-state index is -0.0760. The molecule has 2 aromatic carbocycles. The summed E-state index contributed by atoms with van der Waals surface area (Å²) in [5.74, 6) is 1.08. The van der Waals surface area contributed by atoms with E-state index in [4.69, 9.17) is 42.6 Å². The number of aliphatic hydroxyl groups excluding tert-OH is 1. The van der Waals surface area contributed by atoms with Crippen LogP contribution in [0.5, 0.6) is 11.8 Å². The Balaban J connectivity index is 1.39. The summed E-state index contributed by atoms with van der Waals surface area (Å²) in [6, 6.07) is 11.3. The van der Waals surface area contributed by atoms with Gasteiger partial charge in [0.15, 0.2) is 0 Å². The van der Waals surface area contributed by atoms with E-state index in [-0.39, 0.29) is 30.5 Å². The highest BCUT2D eigenvalue weighted by Gasteiger charge is 2.22. The highest BCUT2D eigenvalue weighted by Crippen LogP contribution is 2.42. The van der Waals surface area contributed by atoms with Crippen molar-refractivity contribution in [3.63, 3.8) is 0 Å². The van der Waals surface area contributed by atoms with E-state index in [1.54, 1.807) is 26.6 Å². The van der Waals surface area contributed by atoms with Gasteiger partial charge in [-0.15, -0.1) is 0 Å². The van der Waals surface area contributed by atoms with E-state index in [1.165, 1.54) is 0 Å². The second kappa shape index (κ2) is 15.8. The fourth-order valence-electron chi connectivity index (χ4n) is 5.43. The molecule has 2 aromatic heterocycles. The van der Waals surface area contributed by atoms with Crippen LogP contribution in [0, 0.1) is 5.92 Å². The van der Waals surface area contributed by atoms with Crippen LogP contribution < -0.4 is 25.4 Å². The van der Waals surface area contributed by atoms with Crippen LogP contribution in [0.3, 0.4) is 0 Å². The highest BCUT2D eigenvalue weighted by atomic mass is 35.5. The molecule has 0 saturated carbocycles. The van der Waals surface area contributed by atoms with Crippen molar-refractivity contribution in [2.24, 2.45) is 5.92 Å². The Morgan fingerprint density at radius 1 is 0.894 bits per heavy atom. The Kier molecular flexibility index (Phi) is 11.6. The number of amides is 1. The first-order valence-corrected chi connectivity index (χ1v) is 16.2. The fourth-order valence-corrected chi connectivity index (χ4v) is 6.08. The van der Waals surface area contributed by atoms with Crippen molar-refractivity contribution in [3.05, 3.63) is 70.2 Å². The average molecular weight is 681 g/mol. The summed E-state index contributed by atoms with van der Waals surface area (Å²) in [5.41, 5.74) is 5.13. The predicted octanol–water partition coefficient (Wildman–Crippen LogP) is 5.07. The molecular weight excluding hydrogens is 641 g/mol. The van der Waals surface area contributed by atoms with E-state index in [2.05, 4.69) is 25.9 Å². The van der Waals surface area contributed by atoms with Crippen molar-refractivity contribution in [1.29, 1.82) is 0 Å². The normalized spacial score (nSPS) is 15.1. The van der Waals surface area contributed by atoms with Crippen LogP contribution in [-0.2, 0) is 17.9 Å². The van der Waals surface area contributed by atoms with Gasteiger partial charge in [0.1, 0.15) is 11.4 Å². The van der Waals surface area contributed by atoms with Gasteiger partial charge in [-0.2, -0.15) is 0 Å². The smallest absolute Gasteiger partial charge is 0.237 e. The van der Waals surface area contributed by atoms with Gasteiger partial charge in [-0.3, -0.25) is 14.8 Å². The molecule has 1 aliphatic heterocycles. The molecule has 13 heteroatoms. The Morgan fingerprint density at radius 2 is 1.43 bits per heavy atom. The maximum atomic E-state index is 11.5. The zero-order chi connectivity index (χ0) is 33.5. The zero-order valence-corrected chi connectivity index (χ0v) is 28.3. The standard InChI is InChI=1S/C34H39Cl2N7O4/c1-19(2)29(18-44)40-17-28-34(47-4)43-26(16-39-28)24-10-6-8-22(32(24)36)21-7-5-9-23(31(21)35)25-15-38-27(33(42-25)46-3)14-37-13-20-11-12-30(45)41-20/h5-10,15-16,19-20,29,37,40,44H,11-14,17-18H2,1-4H3,(H,41,45)/t20-,29+/m0/s1. The van der Waals surface area contributed by atoms with Gasteiger partial charge in [-0.05, 0) is 12.3 Å². The predicted molar refractivity (Wildman–Crippen MR) is 182 cm³/mol. The number of nitrogens with one attached hydrogen (secondary N) is 3. The van der Waals surface area contributed by atoms with Gasteiger partial charge in [-0.25, -0.2) is 9.97 Å². The van der Waals surface area contributed by atoms with E-state index in [0.717, 1.165) is 6.42 Å². The van der Waals surface area contributed by atoms with Gasteiger partial charge in [0.25, 0.3) is 0 Å². The third-order valence-electron chi connectivity index (χ3n) is 8.15. The molecule has 11 nitrogen and oxygen atoms in total. The zero-order valence-electron chi connectivity index (χ0n) is 26.8. The molecule has 3 heterocycles. The first-order chi connectivity index (χ1) is 22.7. The number of benzene rings is 2.